The van der Waals surface area contributed by atoms with Gasteiger partial charge < -0.3 is 10.5 Å². The van der Waals surface area contributed by atoms with E-state index < -0.39 is 0 Å². The molecule has 1 rings (SSSR count). The van der Waals surface area contributed by atoms with Crippen LogP contribution in [0.5, 0.6) is 5.75 Å². The second-order valence-corrected chi connectivity index (χ2v) is 3.80. The molecule has 0 aliphatic heterocycles. The first-order valence-electron chi connectivity index (χ1n) is 3.87. The largest absolute Gasteiger partial charge is 0.494 e. The summed E-state index contributed by atoms with van der Waals surface area (Å²) < 4.78 is 5.73. The lowest BCUT2D eigenvalue weighted by Gasteiger charge is -2.09. The van der Waals surface area contributed by atoms with Crippen LogP contribution in [0.3, 0.4) is 0 Å². The maximum Gasteiger partial charge on any atom is 0.180 e. The lowest BCUT2D eigenvalue weighted by Crippen LogP contribution is -2.14. The molecule has 0 unspecified atom stereocenters. The number of Topliss-reactive ketones (excluding diaryl/α,β-unsaturated/α-hetero) is 1. The van der Waals surface area contributed by atoms with Gasteiger partial charge in [0.1, 0.15) is 5.75 Å². The third-order valence-corrected chi connectivity index (χ3v) is 3.00. The van der Waals surface area contributed by atoms with Gasteiger partial charge in [-0.2, -0.15) is 0 Å². The van der Waals surface area contributed by atoms with Crippen LogP contribution in [0, 0.1) is 0 Å². The van der Waals surface area contributed by atoms with Crippen molar-refractivity contribution in [3.8, 4) is 5.75 Å². The Hall–Kier alpha value is -0.580. The summed E-state index contributed by atoms with van der Waals surface area (Å²) in [5.74, 6) is 0.160. The van der Waals surface area contributed by atoms with Gasteiger partial charge in [-0.1, -0.05) is 11.6 Å². The van der Waals surface area contributed by atoms with Crippen molar-refractivity contribution in [3.05, 3.63) is 27.2 Å². The van der Waals surface area contributed by atoms with E-state index in [1.54, 1.807) is 12.1 Å². The van der Waals surface area contributed by atoms with Crippen molar-refractivity contribution in [1.29, 1.82) is 0 Å². The number of nitrogens with two attached hydrogens (primary N) is 1. The lowest BCUT2D eigenvalue weighted by molar-refractivity contribution is 0.0998. The molecule has 0 fully saturated rings. The molecule has 0 amide bonds. The van der Waals surface area contributed by atoms with Gasteiger partial charge in [-0.3, -0.25) is 4.79 Å². The molecule has 76 valence electrons. The van der Waals surface area contributed by atoms with E-state index in [-0.39, 0.29) is 12.3 Å². The SMILES string of the molecule is COc1c(C(=O)CN)ccc(Br)c1Cl. The zero-order chi connectivity index (χ0) is 10.7. The van der Waals surface area contributed by atoms with E-state index in [1.165, 1.54) is 7.11 Å². The number of carbonyl (C=O) groups excluding carboxylic acids is 1. The molecule has 14 heavy (non-hydrogen) atoms. The summed E-state index contributed by atoms with van der Waals surface area (Å²) >= 11 is 9.17. The minimum absolute atomic E-state index is 0.0612. The van der Waals surface area contributed by atoms with Crippen LogP contribution >= 0.6 is 27.5 Å². The van der Waals surface area contributed by atoms with Crippen molar-refractivity contribution < 1.29 is 9.53 Å². The van der Waals surface area contributed by atoms with Crippen LogP contribution in [0.25, 0.3) is 0 Å². The Balaban J connectivity index is 3.31. The molecule has 0 radical (unpaired) electrons. The number of ether oxygens (including phenoxy) is 1. The smallest absolute Gasteiger partial charge is 0.180 e. The summed E-state index contributed by atoms with van der Waals surface area (Å²) in [6.07, 6.45) is 0. The van der Waals surface area contributed by atoms with Crippen molar-refractivity contribution in [3.63, 3.8) is 0 Å². The number of methoxy groups -OCH3 is 1. The Bertz CT molecular complexity index is 368. The zero-order valence-corrected chi connectivity index (χ0v) is 9.85. The average molecular weight is 279 g/mol. The van der Waals surface area contributed by atoms with Crippen LogP contribution in [0.1, 0.15) is 10.4 Å². The van der Waals surface area contributed by atoms with Gasteiger partial charge in [-0.25, -0.2) is 0 Å². The van der Waals surface area contributed by atoms with Gasteiger partial charge in [0, 0.05) is 4.47 Å². The van der Waals surface area contributed by atoms with Crippen LogP contribution in [0.15, 0.2) is 16.6 Å². The van der Waals surface area contributed by atoms with Gasteiger partial charge in [0.15, 0.2) is 5.78 Å². The summed E-state index contributed by atoms with van der Waals surface area (Å²) in [6, 6.07) is 3.32. The lowest BCUT2D eigenvalue weighted by atomic mass is 10.1. The monoisotopic (exact) mass is 277 g/mol. The van der Waals surface area contributed by atoms with Crippen LogP contribution in [0.2, 0.25) is 5.02 Å². The Morgan fingerprint density at radius 3 is 2.79 bits per heavy atom. The molecule has 0 atom stereocenters. The van der Waals surface area contributed by atoms with Gasteiger partial charge >= 0.3 is 0 Å². The van der Waals surface area contributed by atoms with E-state index in [2.05, 4.69) is 15.9 Å². The maximum atomic E-state index is 11.4. The maximum absolute atomic E-state index is 11.4. The number of halogens is 2. The predicted molar refractivity (Wildman–Crippen MR) is 59.1 cm³/mol. The fourth-order valence-electron chi connectivity index (χ4n) is 1.06. The molecule has 0 aliphatic carbocycles. The normalized spacial score (nSPS) is 10.0. The number of hydrogen-bond donors (Lipinski definition) is 1. The fraction of sp³-hybridized carbons (Fsp3) is 0.222. The van der Waals surface area contributed by atoms with Crippen molar-refractivity contribution in [2.75, 3.05) is 13.7 Å². The molecule has 5 heteroatoms. The van der Waals surface area contributed by atoms with Crippen molar-refractivity contribution >= 4 is 33.3 Å². The summed E-state index contributed by atoms with van der Waals surface area (Å²) in [5, 5.41) is 0.381. The van der Waals surface area contributed by atoms with E-state index in [4.69, 9.17) is 22.1 Å². The van der Waals surface area contributed by atoms with E-state index >= 15 is 0 Å². The number of hydrogen-bond acceptors (Lipinski definition) is 3. The highest BCUT2D eigenvalue weighted by Gasteiger charge is 2.15. The van der Waals surface area contributed by atoms with E-state index in [9.17, 15) is 4.79 Å². The fourth-order valence-corrected chi connectivity index (χ4v) is 1.62. The van der Waals surface area contributed by atoms with Crippen molar-refractivity contribution in [1.82, 2.24) is 0 Å². The molecule has 0 heterocycles. The van der Waals surface area contributed by atoms with Gasteiger partial charge in [-0.05, 0) is 28.1 Å². The first-order valence-corrected chi connectivity index (χ1v) is 5.04. The minimum atomic E-state index is -0.198. The summed E-state index contributed by atoms with van der Waals surface area (Å²) in [6.45, 7) is -0.0612. The summed E-state index contributed by atoms with van der Waals surface area (Å²) in [4.78, 5) is 11.4. The summed E-state index contributed by atoms with van der Waals surface area (Å²) in [7, 11) is 1.46. The molecule has 0 saturated heterocycles. The second kappa shape index (κ2) is 4.77. The van der Waals surface area contributed by atoms with Crippen molar-refractivity contribution in [2.24, 2.45) is 5.73 Å². The first kappa shape index (κ1) is 11.5. The predicted octanol–water partition coefficient (Wildman–Crippen LogP) is 2.25. The van der Waals surface area contributed by atoms with Gasteiger partial charge in [0.25, 0.3) is 0 Å². The number of ketones is 1. The molecule has 2 N–H and O–H groups in total. The molecule has 1 aromatic rings. The number of benzene rings is 1. The van der Waals surface area contributed by atoms with Crippen LogP contribution in [-0.2, 0) is 0 Å². The van der Waals surface area contributed by atoms with E-state index in [0.29, 0.717) is 20.8 Å². The van der Waals surface area contributed by atoms with Crippen molar-refractivity contribution in [2.45, 2.75) is 0 Å². The Kier molecular flexibility index (Phi) is 3.92. The molecule has 0 saturated carbocycles. The van der Waals surface area contributed by atoms with Gasteiger partial charge in [0.05, 0.1) is 24.2 Å². The molecular weight excluding hydrogens is 269 g/mol. The Morgan fingerprint density at radius 2 is 2.29 bits per heavy atom. The van der Waals surface area contributed by atoms with Gasteiger partial charge in [0.2, 0.25) is 0 Å². The molecular formula is C9H9BrClNO2. The van der Waals surface area contributed by atoms with E-state index in [0.717, 1.165) is 0 Å². The Morgan fingerprint density at radius 1 is 1.64 bits per heavy atom. The summed E-state index contributed by atoms with van der Waals surface area (Å²) in [5.41, 5.74) is 5.66. The first-order chi connectivity index (χ1) is 6.61. The topological polar surface area (TPSA) is 52.3 Å². The second-order valence-electron chi connectivity index (χ2n) is 2.57. The average Bonchev–Trinajstić information content (AvgIpc) is 2.20. The number of rotatable bonds is 3. The highest BCUT2D eigenvalue weighted by molar-refractivity contribution is 9.10. The molecule has 3 nitrogen and oxygen atoms in total. The molecule has 0 bridgehead atoms. The molecule has 0 spiro atoms. The zero-order valence-electron chi connectivity index (χ0n) is 7.51. The molecule has 0 aliphatic rings. The van der Waals surface area contributed by atoms with Gasteiger partial charge in [-0.15, -0.1) is 0 Å². The van der Waals surface area contributed by atoms with E-state index in [1.807, 2.05) is 0 Å². The van der Waals surface area contributed by atoms with Crippen LogP contribution in [-0.4, -0.2) is 19.4 Å². The molecule has 0 aromatic heterocycles. The molecule has 1 aromatic carbocycles. The quantitative estimate of drug-likeness (QED) is 0.863. The third-order valence-electron chi connectivity index (χ3n) is 1.74. The minimum Gasteiger partial charge on any atom is -0.494 e. The number of carbonyl (C=O) groups is 1. The highest BCUT2D eigenvalue weighted by atomic mass is 79.9. The Labute approximate surface area is 95.3 Å². The standard InChI is InChI=1S/C9H9BrClNO2/c1-14-9-5(7(13)4-12)2-3-6(10)8(9)11/h2-3H,4,12H2,1H3. The third kappa shape index (κ3) is 2.08. The van der Waals surface area contributed by atoms with Crippen LogP contribution < -0.4 is 10.5 Å². The highest BCUT2D eigenvalue weighted by Crippen LogP contribution is 2.35. The van der Waals surface area contributed by atoms with Crippen LogP contribution in [0.4, 0.5) is 0 Å².